The summed E-state index contributed by atoms with van der Waals surface area (Å²) in [7, 11) is 0. The quantitative estimate of drug-likeness (QED) is 0.0720. The zero-order chi connectivity index (χ0) is 49.2. The van der Waals surface area contributed by atoms with Crippen molar-refractivity contribution < 1.29 is 63.2 Å². The molecule has 8 unspecified atom stereocenters. The Bertz CT molecular complexity index is 1530. The van der Waals surface area contributed by atoms with Gasteiger partial charge in [0.05, 0.1) is 0 Å². The van der Waals surface area contributed by atoms with Gasteiger partial charge in [-0.15, -0.1) is 0 Å². The second-order valence-electron chi connectivity index (χ2n) is 17.2. The molecule has 1 aliphatic heterocycles. The van der Waals surface area contributed by atoms with E-state index in [9.17, 15) is 57.5 Å². The van der Waals surface area contributed by atoms with Crippen LogP contribution in [0.5, 0.6) is 0 Å². The summed E-state index contributed by atoms with van der Waals surface area (Å²) in [6.45, 7) is 12.4. The van der Waals surface area contributed by atoms with Crippen molar-refractivity contribution in [2.24, 2.45) is 46.6 Å². The van der Waals surface area contributed by atoms with Gasteiger partial charge in [0.15, 0.2) is 0 Å². The molecule has 24 nitrogen and oxygen atoms in total. The van der Waals surface area contributed by atoms with Gasteiger partial charge < -0.3 is 65.5 Å². The predicted octanol–water partition coefficient (Wildman–Crippen LogP) is -3.45. The van der Waals surface area contributed by atoms with Crippen molar-refractivity contribution in [3.05, 3.63) is 0 Å². The molecule has 1 aliphatic rings. The van der Waals surface area contributed by atoms with Gasteiger partial charge in [0, 0.05) is 31.4 Å². The number of hydrogen-bond acceptors (Lipinski definition) is 12. The normalized spacial score (nSPS) is 25.2. The molecule has 0 radical (unpaired) electrons. The van der Waals surface area contributed by atoms with Crippen molar-refractivity contribution in [1.82, 2.24) is 42.5 Å². The summed E-state index contributed by atoms with van der Waals surface area (Å²) in [5.41, 5.74) is 21.5. The van der Waals surface area contributed by atoms with Crippen molar-refractivity contribution in [1.29, 1.82) is 0 Å². The molecule has 1 saturated heterocycles. The van der Waals surface area contributed by atoms with Crippen LogP contribution >= 0.6 is 0 Å². The number of carbonyl (C=O) groups is 12. The molecule has 1 rings (SSSR count). The first-order valence-electron chi connectivity index (χ1n) is 21.2. The van der Waals surface area contributed by atoms with Gasteiger partial charge in [0.25, 0.3) is 0 Å². The molecular formula is C40H76N12O12. The Morgan fingerprint density at radius 1 is 0.344 bits per heavy atom. The van der Waals surface area contributed by atoms with Crippen LogP contribution in [0.1, 0.15) is 112 Å². The number of nitrogens with two attached hydrogens (primary N) is 4. The van der Waals surface area contributed by atoms with Crippen LogP contribution in [0.25, 0.3) is 0 Å². The monoisotopic (exact) mass is 921 g/mol. The maximum atomic E-state index is 13.9. The summed E-state index contributed by atoms with van der Waals surface area (Å²) in [6, 6.07) is -11.7. The fourth-order valence-electron chi connectivity index (χ4n) is 6.42. The van der Waals surface area contributed by atoms with Crippen molar-refractivity contribution in [2.75, 3.05) is 0 Å². The minimum Gasteiger partial charge on any atom is -0.370 e. The molecule has 0 bridgehead atoms. The zero-order valence-electron chi connectivity index (χ0n) is 37.8. The van der Waals surface area contributed by atoms with Gasteiger partial charge >= 0.3 is 0 Å². The van der Waals surface area contributed by atoms with Gasteiger partial charge in [-0.25, -0.2) is 0 Å². The molecule has 0 aromatic heterocycles. The Morgan fingerprint density at radius 3 is 0.625 bits per heavy atom. The van der Waals surface area contributed by atoms with Crippen LogP contribution in [-0.2, 0) is 57.5 Å². The van der Waals surface area contributed by atoms with Crippen molar-refractivity contribution in [3.63, 3.8) is 0 Å². The predicted molar refractivity (Wildman–Crippen MR) is 237 cm³/mol. The van der Waals surface area contributed by atoms with E-state index in [1.807, 2.05) is 0 Å². The lowest BCUT2D eigenvalue weighted by molar-refractivity contribution is -0.138. The Kier molecular flexibility index (Phi) is 22.9. The lowest BCUT2D eigenvalue weighted by Gasteiger charge is -2.31. The molecule has 1 heterocycles. The Balaban J connectivity index is -0.00000512. The lowest BCUT2D eigenvalue weighted by Crippen LogP contribution is -2.63. The molecule has 0 aromatic carbocycles. The molecule has 24 heteroatoms. The fraction of sp³-hybridized carbons (Fsp3) is 0.700. The molecule has 64 heavy (non-hydrogen) atoms. The molecule has 0 spiro atoms. The van der Waals surface area contributed by atoms with Crippen molar-refractivity contribution >= 4 is 70.9 Å². The molecule has 8 atom stereocenters. The Morgan fingerprint density at radius 2 is 0.500 bits per heavy atom. The maximum Gasteiger partial charge on any atom is 0.243 e. The van der Waals surface area contributed by atoms with E-state index in [1.165, 1.54) is 0 Å². The largest absolute Gasteiger partial charge is 0.370 e. The van der Waals surface area contributed by atoms with Gasteiger partial charge in [0.2, 0.25) is 70.9 Å². The molecule has 16 N–H and O–H groups in total. The van der Waals surface area contributed by atoms with E-state index in [-0.39, 0.29) is 31.4 Å². The molecule has 1 fully saturated rings. The summed E-state index contributed by atoms with van der Waals surface area (Å²) in [5.74, 6) is -13.6. The highest BCUT2D eigenvalue weighted by molar-refractivity contribution is 5.99. The van der Waals surface area contributed by atoms with Gasteiger partial charge in [0.1, 0.15) is 48.3 Å². The number of nitrogens with one attached hydrogen (secondary N) is 8. The molecule has 0 aliphatic carbocycles. The first kappa shape index (κ1) is 55.7. The van der Waals surface area contributed by atoms with Crippen LogP contribution in [0, 0.1) is 23.7 Å². The average molecular weight is 921 g/mol. The number of amides is 12. The highest BCUT2D eigenvalue weighted by Crippen LogP contribution is 2.13. The summed E-state index contributed by atoms with van der Waals surface area (Å²) < 4.78 is 0. The Hall–Kier alpha value is -6.36. The number of hydrogen-bond donors (Lipinski definition) is 12. The average Bonchev–Trinajstić information content (AvgIpc) is 3.18. The zero-order valence-corrected chi connectivity index (χ0v) is 37.8. The number of rotatable bonds is 16. The van der Waals surface area contributed by atoms with Crippen LogP contribution < -0.4 is 65.5 Å². The Labute approximate surface area is 378 Å². The first-order chi connectivity index (χ1) is 29.7. The van der Waals surface area contributed by atoms with Crippen LogP contribution in [0.3, 0.4) is 0 Å². The summed E-state index contributed by atoms with van der Waals surface area (Å²) in [4.78, 5) is 158. The van der Waals surface area contributed by atoms with E-state index in [4.69, 9.17) is 22.9 Å². The molecule has 0 saturated carbocycles. The van der Waals surface area contributed by atoms with Gasteiger partial charge in [-0.05, 0) is 49.4 Å². The third-order valence-corrected chi connectivity index (χ3v) is 10.2. The minimum atomic E-state index is -1.52. The summed E-state index contributed by atoms with van der Waals surface area (Å²) in [6.07, 6.45) is -3.06. The second-order valence-corrected chi connectivity index (χ2v) is 17.2. The molecule has 12 amide bonds. The van der Waals surface area contributed by atoms with Crippen LogP contribution in [0.4, 0.5) is 0 Å². The fourth-order valence-corrected chi connectivity index (χ4v) is 6.42. The smallest absolute Gasteiger partial charge is 0.243 e. The third kappa shape index (κ3) is 18.9. The van der Waals surface area contributed by atoms with E-state index >= 15 is 0 Å². The maximum absolute atomic E-state index is 13.9. The van der Waals surface area contributed by atoms with E-state index in [2.05, 4.69) is 42.5 Å². The topological polar surface area (TPSA) is 405 Å². The van der Waals surface area contributed by atoms with E-state index in [0.717, 1.165) is 0 Å². The van der Waals surface area contributed by atoms with Gasteiger partial charge in [-0.1, -0.05) is 55.4 Å². The van der Waals surface area contributed by atoms with E-state index < -0.39 is 169 Å². The highest BCUT2D eigenvalue weighted by Gasteiger charge is 2.38. The van der Waals surface area contributed by atoms with Crippen LogP contribution in [-0.4, -0.2) is 119 Å². The van der Waals surface area contributed by atoms with Gasteiger partial charge in [-0.3, -0.25) is 57.5 Å². The van der Waals surface area contributed by atoms with Crippen molar-refractivity contribution in [2.45, 2.75) is 155 Å². The first-order valence-corrected chi connectivity index (χ1v) is 21.2. The SMILES string of the molecule is CC(C)C1NC(=O)C(CCC(N)=O)NC(=O)C(C(C)C)NC(=O)C(CCC(N)=O)NC(=O)C(C(C)C)NC(=O)C(CCC(N)=O)NC(=O)C(C(C)C)NC(=O)C(CCC(N)=O)NC1=O.[2HH].[2HH].[2HH].[2HH]. The highest BCUT2D eigenvalue weighted by atomic mass is 16.2. The minimum absolute atomic E-state index is 0. The molecule has 0 aromatic rings. The molecule has 368 valence electrons. The molecular weight excluding hydrogens is 841 g/mol. The van der Waals surface area contributed by atoms with E-state index in [0.29, 0.717) is 0 Å². The standard InChI is InChI=1S/C40H68N12O12.4H2/c1-17(2)29-37(61)45-22(10-14-26(42)54)34(58)50-31(19(5)6)39(63)47-24(12-16-28(44)56)36(60)52-32(20(7)8)40(64)48-23(11-15-27(43)55)35(59)51-30(18(3)4)38(62)46-21(33(57)49-29)9-13-25(41)53;;;;/h17-24,29-32H,9-16H2,1-8H3,(H2,41,53)(H2,42,54)(H2,43,55)(H2,44,56)(H,45,61)(H,46,62)(H,47,63)(H,48,64)(H,49,57)(H,50,58)(H,51,59)(H,52,60);4*1H/i;4*1+1. The third-order valence-electron chi connectivity index (χ3n) is 10.2. The van der Waals surface area contributed by atoms with Gasteiger partial charge in [-0.2, -0.15) is 0 Å². The van der Waals surface area contributed by atoms with E-state index in [1.54, 1.807) is 55.4 Å². The van der Waals surface area contributed by atoms with Crippen molar-refractivity contribution in [3.8, 4) is 0 Å². The number of primary amides is 4. The lowest BCUT2D eigenvalue weighted by atomic mass is 9.98. The van der Waals surface area contributed by atoms with Crippen LogP contribution in [0.15, 0.2) is 0 Å². The summed E-state index contributed by atoms with van der Waals surface area (Å²) >= 11 is 0. The summed E-state index contributed by atoms with van der Waals surface area (Å²) in [5, 5.41) is 20.1. The number of carbonyl (C=O) groups excluding carboxylic acids is 12. The second kappa shape index (κ2) is 26.3. The van der Waals surface area contributed by atoms with Crippen LogP contribution in [0.2, 0.25) is 0 Å².